The summed E-state index contributed by atoms with van der Waals surface area (Å²) in [5, 5.41) is 10.3. The van der Waals surface area contributed by atoms with E-state index >= 15 is 0 Å². The molecule has 0 aliphatic carbocycles. The average Bonchev–Trinajstić information content (AvgIpc) is 2.08. The van der Waals surface area contributed by atoms with E-state index < -0.39 is 36.5 Å². The lowest BCUT2D eigenvalue weighted by Crippen LogP contribution is -2.47. The lowest BCUT2D eigenvalue weighted by atomic mass is 9.79. The van der Waals surface area contributed by atoms with Crippen molar-refractivity contribution in [1.29, 1.82) is 0 Å². The molecule has 1 unspecified atom stereocenters. The van der Waals surface area contributed by atoms with Crippen LogP contribution in [0.3, 0.4) is 0 Å². The van der Waals surface area contributed by atoms with Crippen LogP contribution in [0.25, 0.3) is 0 Å². The third kappa shape index (κ3) is 5.18. The molecular formula is C10H20NO7P. The summed E-state index contributed by atoms with van der Waals surface area (Å²) in [5.41, 5.74) is -1.39. The van der Waals surface area contributed by atoms with Gasteiger partial charge < -0.3 is 19.6 Å². The molecule has 1 amide bonds. The smallest absolute Gasteiger partial charge is 0.408 e. The lowest BCUT2D eigenvalue weighted by molar-refractivity contribution is -0.137. The van der Waals surface area contributed by atoms with E-state index in [-0.39, 0.29) is 0 Å². The summed E-state index contributed by atoms with van der Waals surface area (Å²) in [4.78, 5) is 39.8. The van der Waals surface area contributed by atoms with E-state index in [0.717, 1.165) is 0 Å². The zero-order valence-electron chi connectivity index (χ0n) is 11.5. The molecule has 0 aromatic heterocycles. The van der Waals surface area contributed by atoms with Crippen molar-refractivity contribution in [1.82, 2.24) is 5.32 Å². The normalized spacial score (nSPS) is 14.7. The molecule has 0 heterocycles. The Morgan fingerprint density at radius 2 is 1.58 bits per heavy atom. The summed E-state index contributed by atoms with van der Waals surface area (Å²) < 4.78 is 15.9. The van der Waals surface area contributed by atoms with Crippen molar-refractivity contribution < 1.29 is 33.8 Å². The van der Waals surface area contributed by atoms with Crippen LogP contribution in [0.1, 0.15) is 34.6 Å². The van der Waals surface area contributed by atoms with Crippen molar-refractivity contribution in [3.05, 3.63) is 0 Å². The highest BCUT2D eigenvalue weighted by molar-refractivity contribution is 7.53. The monoisotopic (exact) mass is 297 g/mol. The summed E-state index contributed by atoms with van der Waals surface area (Å²) in [5.74, 6) is -4.16. The lowest BCUT2D eigenvalue weighted by Gasteiger charge is -2.38. The number of hydrogen-bond donors (Lipinski definition) is 4. The average molecular weight is 297 g/mol. The van der Waals surface area contributed by atoms with E-state index in [1.165, 1.54) is 0 Å². The summed E-state index contributed by atoms with van der Waals surface area (Å²) in [6.07, 6.45) is -1.20. The standard InChI is InChI=1S/C10H20NO7P/c1-9(2,3)10(4,5)18-8(14)11-6(7(12)13)19(15,16)17/h6H,1-5H3,(H,11,14)(H,12,13)(H2,15,16,17). The molecule has 0 aromatic rings. The van der Waals surface area contributed by atoms with Gasteiger partial charge in [-0.25, -0.2) is 9.59 Å². The van der Waals surface area contributed by atoms with Crippen LogP contribution in [0, 0.1) is 5.41 Å². The third-order valence-corrected chi connectivity index (χ3v) is 4.00. The zero-order valence-corrected chi connectivity index (χ0v) is 12.4. The number of nitrogens with one attached hydrogen (secondary N) is 1. The first kappa shape index (κ1) is 17.9. The molecule has 0 spiro atoms. The topological polar surface area (TPSA) is 133 Å². The Morgan fingerprint density at radius 1 is 1.16 bits per heavy atom. The van der Waals surface area contributed by atoms with Gasteiger partial charge in [0.2, 0.25) is 5.78 Å². The van der Waals surface area contributed by atoms with Gasteiger partial charge in [-0.3, -0.25) is 9.88 Å². The minimum Gasteiger partial charge on any atom is -0.479 e. The van der Waals surface area contributed by atoms with E-state index in [9.17, 15) is 14.2 Å². The van der Waals surface area contributed by atoms with E-state index in [1.807, 2.05) is 0 Å². The molecule has 9 heteroatoms. The van der Waals surface area contributed by atoms with Crippen LogP contribution < -0.4 is 5.32 Å². The molecule has 1 atom stereocenters. The summed E-state index contributed by atoms with van der Waals surface area (Å²) in [6.45, 7) is 8.63. The van der Waals surface area contributed by atoms with E-state index in [2.05, 4.69) is 0 Å². The Morgan fingerprint density at radius 3 is 1.84 bits per heavy atom. The number of carboxylic acid groups (broad SMARTS) is 1. The predicted molar refractivity (Wildman–Crippen MR) is 66.6 cm³/mol. The number of carbonyl (C=O) groups is 2. The highest BCUT2D eigenvalue weighted by Crippen LogP contribution is 2.40. The fourth-order valence-electron chi connectivity index (χ4n) is 0.816. The van der Waals surface area contributed by atoms with Crippen LogP contribution in [0.2, 0.25) is 0 Å². The number of carbonyl (C=O) groups excluding carboxylic acids is 1. The second-order valence-corrected chi connectivity index (χ2v) is 7.32. The van der Waals surface area contributed by atoms with Gasteiger partial charge in [0.15, 0.2) is 0 Å². The Kier molecular flexibility index (Phi) is 5.16. The Balaban J connectivity index is 4.89. The van der Waals surface area contributed by atoms with Crippen LogP contribution in [-0.2, 0) is 14.1 Å². The number of ether oxygens (including phenoxy) is 1. The van der Waals surface area contributed by atoms with Gasteiger partial charge in [0, 0.05) is 5.41 Å². The van der Waals surface area contributed by atoms with Gasteiger partial charge in [-0.1, -0.05) is 20.8 Å². The first-order valence-electron chi connectivity index (χ1n) is 5.46. The minimum absolute atomic E-state index is 0.439. The quantitative estimate of drug-likeness (QED) is 0.571. The molecule has 0 aliphatic heterocycles. The third-order valence-electron chi connectivity index (χ3n) is 2.98. The van der Waals surface area contributed by atoms with Crippen LogP contribution in [0.5, 0.6) is 0 Å². The number of hydrogen-bond acceptors (Lipinski definition) is 4. The van der Waals surface area contributed by atoms with Crippen LogP contribution in [0.15, 0.2) is 0 Å². The molecule has 0 aromatic carbocycles. The summed E-state index contributed by atoms with van der Waals surface area (Å²) in [7, 11) is -5.00. The Hall–Kier alpha value is -1.11. The fourth-order valence-corrected chi connectivity index (χ4v) is 1.38. The predicted octanol–water partition coefficient (Wildman–Crippen LogP) is 1.13. The molecule has 0 aliphatic rings. The SMILES string of the molecule is CC(C)(C)C(C)(C)OC(=O)NC(C(=O)O)P(=O)(O)O. The largest absolute Gasteiger partial charge is 0.479 e. The molecule has 19 heavy (non-hydrogen) atoms. The number of alkyl carbamates (subject to hydrolysis) is 1. The van der Waals surface area contributed by atoms with Crippen LogP contribution >= 0.6 is 7.60 Å². The van der Waals surface area contributed by atoms with Gasteiger partial charge >= 0.3 is 19.7 Å². The van der Waals surface area contributed by atoms with Gasteiger partial charge in [-0.2, -0.15) is 0 Å². The number of aliphatic carboxylic acids is 1. The molecule has 0 radical (unpaired) electrons. The summed E-state index contributed by atoms with van der Waals surface area (Å²) in [6, 6.07) is 0. The van der Waals surface area contributed by atoms with Crippen molar-refractivity contribution in [2.75, 3.05) is 0 Å². The van der Waals surface area contributed by atoms with Crippen molar-refractivity contribution in [3.8, 4) is 0 Å². The molecule has 0 saturated carbocycles. The van der Waals surface area contributed by atoms with Crippen molar-refractivity contribution in [2.24, 2.45) is 5.41 Å². The van der Waals surface area contributed by atoms with Crippen molar-refractivity contribution >= 4 is 19.7 Å². The molecule has 4 N–H and O–H groups in total. The molecule has 0 saturated heterocycles. The molecule has 0 bridgehead atoms. The molecule has 0 rings (SSSR count). The highest BCUT2D eigenvalue weighted by atomic mass is 31.2. The van der Waals surface area contributed by atoms with Gasteiger partial charge in [-0.05, 0) is 13.8 Å². The maximum Gasteiger partial charge on any atom is 0.408 e. The van der Waals surface area contributed by atoms with E-state index in [1.54, 1.807) is 39.9 Å². The number of amides is 1. The van der Waals surface area contributed by atoms with Crippen LogP contribution in [0.4, 0.5) is 4.79 Å². The van der Waals surface area contributed by atoms with Gasteiger partial charge in [0.1, 0.15) is 5.60 Å². The Labute approximate surface area is 111 Å². The van der Waals surface area contributed by atoms with Crippen LogP contribution in [-0.4, -0.2) is 38.3 Å². The first-order valence-corrected chi connectivity index (χ1v) is 7.14. The van der Waals surface area contributed by atoms with Gasteiger partial charge in [0.25, 0.3) is 0 Å². The van der Waals surface area contributed by atoms with Crippen molar-refractivity contribution in [2.45, 2.75) is 46.0 Å². The first-order chi connectivity index (χ1) is 8.18. The Bertz CT molecular complexity index is 407. The second kappa shape index (κ2) is 5.48. The van der Waals surface area contributed by atoms with E-state index in [0.29, 0.717) is 0 Å². The van der Waals surface area contributed by atoms with E-state index in [4.69, 9.17) is 19.6 Å². The maximum absolute atomic E-state index is 11.5. The minimum atomic E-state index is -5.00. The molecule has 0 fully saturated rings. The maximum atomic E-state index is 11.5. The summed E-state index contributed by atoms with van der Waals surface area (Å²) >= 11 is 0. The number of carboxylic acids is 1. The fraction of sp³-hybridized carbons (Fsp3) is 0.800. The number of rotatable bonds is 4. The molecular weight excluding hydrogens is 277 g/mol. The molecule has 112 valence electrons. The van der Waals surface area contributed by atoms with Crippen molar-refractivity contribution in [3.63, 3.8) is 0 Å². The highest BCUT2D eigenvalue weighted by Gasteiger charge is 2.41. The van der Waals surface area contributed by atoms with Gasteiger partial charge in [0.05, 0.1) is 0 Å². The molecule has 8 nitrogen and oxygen atoms in total. The zero-order chi connectivity index (χ0) is 15.6. The second-order valence-electron chi connectivity index (χ2n) is 5.62. The van der Waals surface area contributed by atoms with Gasteiger partial charge in [-0.15, -0.1) is 0 Å².